The zero-order valence-corrected chi connectivity index (χ0v) is 10.9. The van der Waals surface area contributed by atoms with Crippen LogP contribution in [0.5, 0.6) is 0 Å². The van der Waals surface area contributed by atoms with Gasteiger partial charge in [-0.15, -0.1) is 0 Å². The molecule has 0 aliphatic heterocycles. The van der Waals surface area contributed by atoms with Crippen LogP contribution in [0.15, 0.2) is 30.5 Å². The number of amides is 1. The van der Waals surface area contributed by atoms with Crippen molar-refractivity contribution in [3.8, 4) is 0 Å². The Kier molecular flexibility index (Phi) is 3.85. The number of ether oxygens (including phenoxy) is 1. The molecular weight excluding hydrogens is 244 g/mol. The van der Waals surface area contributed by atoms with Crippen LogP contribution in [0.3, 0.4) is 0 Å². The smallest absolute Gasteiger partial charge is 0.340 e. The molecule has 0 aliphatic rings. The fourth-order valence-electron chi connectivity index (χ4n) is 1.81. The SMILES string of the molecule is CC(C)NC(=O)COC(=O)c1c[nH]c2ccccc12. The lowest BCUT2D eigenvalue weighted by Crippen LogP contribution is -2.33. The quantitative estimate of drug-likeness (QED) is 0.824. The van der Waals surface area contributed by atoms with Gasteiger partial charge in [0.1, 0.15) is 0 Å². The minimum Gasteiger partial charge on any atom is -0.452 e. The monoisotopic (exact) mass is 260 g/mol. The highest BCUT2D eigenvalue weighted by molar-refractivity contribution is 6.04. The van der Waals surface area contributed by atoms with E-state index in [0.717, 1.165) is 10.9 Å². The number of fused-ring (bicyclic) bond motifs is 1. The molecule has 0 bridgehead atoms. The van der Waals surface area contributed by atoms with E-state index in [4.69, 9.17) is 4.74 Å². The van der Waals surface area contributed by atoms with Crippen molar-refractivity contribution in [1.82, 2.24) is 10.3 Å². The number of rotatable bonds is 4. The Balaban J connectivity index is 2.02. The minimum atomic E-state index is -0.503. The standard InChI is InChI=1S/C14H16N2O3/c1-9(2)16-13(17)8-19-14(18)11-7-15-12-6-4-3-5-10(11)12/h3-7,9,15H,8H2,1-2H3,(H,16,17). The summed E-state index contributed by atoms with van der Waals surface area (Å²) in [4.78, 5) is 26.3. The van der Waals surface area contributed by atoms with Crippen LogP contribution in [-0.4, -0.2) is 29.5 Å². The predicted octanol–water partition coefficient (Wildman–Crippen LogP) is 1.85. The van der Waals surface area contributed by atoms with Crippen LogP contribution in [0.4, 0.5) is 0 Å². The highest BCUT2D eigenvalue weighted by Gasteiger charge is 2.14. The normalized spacial score (nSPS) is 10.7. The number of esters is 1. The second-order valence-electron chi connectivity index (χ2n) is 4.55. The van der Waals surface area contributed by atoms with Crippen molar-refractivity contribution in [2.75, 3.05) is 6.61 Å². The molecule has 5 heteroatoms. The van der Waals surface area contributed by atoms with E-state index >= 15 is 0 Å². The summed E-state index contributed by atoms with van der Waals surface area (Å²) in [6.45, 7) is 3.43. The number of H-pyrrole nitrogens is 1. The van der Waals surface area contributed by atoms with Gasteiger partial charge < -0.3 is 15.0 Å². The first-order valence-electron chi connectivity index (χ1n) is 6.10. The molecule has 0 saturated carbocycles. The summed E-state index contributed by atoms with van der Waals surface area (Å²) in [7, 11) is 0. The molecule has 0 saturated heterocycles. The maximum absolute atomic E-state index is 11.9. The van der Waals surface area contributed by atoms with Gasteiger partial charge in [-0.05, 0) is 19.9 Å². The number of nitrogens with one attached hydrogen (secondary N) is 2. The first kappa shape index (κ1) is 13.1. The van der Waals surface area contributed by atoms with Crippen molar-refractivity contribution in [2.24, 2.45) is 0 Å². The third-order valence-corrected chi connectivity index (χ3v) is 2.59. The lowest BCUT2D eigenvalue weighted by atomic mass is 10.2. The van der Waals surface area contributed by atoms with E-state index < -0.39 is 5.97 Å². The lowest BCUT2D eigenvalue weighted by Gasteiger charge is -2.08. The third-order valence-electron chi connectivity index (χ3n) is 2.59. The van der Waals surface area contributed by atoms with E-state index in [9.17, 15) is 9.59 Å². The van der Waals surface area contributed by atoms with Gasteiger partial charge >= 0.3 is 5.97 Å². The molecule has 1 aromatic heterocycles. The van der Waals surface area contributed by atoms with Crippen LogP contribution in [0.2, 0.25) is 0 Å². The van der Waals surface area contributed by atoms with Crippen molar-refractivity contribution >= 4 is 22.8 Å². The molecule has 2 N–H and O–H groups in total. The van der Waals surface area contributed by atoms with Crippen LogP contribution in [-0.2, 0) is 9.53 Å². The molecule has 0 radical (unpaired) electrons. The van der Waals surface area contributed by atoms with Gasteiger partial charge in [-0.25, -0.2) is 4.79 Å². The highest BCUT2D eigenvalue weighted by Crippen LogP contribution is 2.18. The summed E-state index contributed by atoms with van der Waals surface area (Å²) >= 11 is 0. The number of hydrogen-bond donors (Lipinski definition) is 2. The van der Waals surface area contributed by atoms with Gasteiger partial charge in [0.25, 0.3) is 5.91 Å². The van der Waals surface area contributed by atoms with Gasteiger partial charge in [0, 0.05) is 23.1 Å². The molecule has 0 spiro atoms. The van der Waals surface area contributed by atoms with Crippen LogP contribution in [0.1, 0.15) is 24.2 Å². The van der Waals surface area contributed by atoms with Gasteiger partial charge in [0.05, 0.1) is 5.56 Å². The molecule has 19 heavy (non-hydrogen) atoms. The van der Waals surface area contributed by atoms with Gasteiger partial charge in [0.2, 0.25) is 0 Å². The Bertz CT molecular complexity index is 602. The van der Waals surface area contributed by atoms with Crippen LogP contribution >= 0.6 is 0 Å². The zero-order chi connectivity index (χ0) is 13.8. The highest BCUT2D eigenvalue weighted by atomic mass is 16.5. The Morgan fingerprint density at radius 3 is 2.79 bits per heavy atom. The lowest BCUT2D eigenvalue weighted by molar-refractivity contribution is -0.124. The van der Waals surface area contributed by atoms with E-state index in [1.807, 2.05) is 38.1 Å². The number of hydrogen-bond acceptors (Lipinski definition) is 3. The molecule has 0 unspecified atom stereocenters. The van der Waals surface area contributed by atoms with Crippen LogP contribution in [0.25, 0.3) is 10.9 Å². The number of aromatic nitrogens is 1. The molecular formula is C14H16N2O3. The van der Waals surface area contributed by atoms with Crippen LogP contribution in [0, 0.1) is 0 Å². The number of para-hydroxylation sites is 1. The summed E-state index contributed by atoms with van der Waals surface area (Å²) in [6.07, 6.45) is 1.59. The average molecular weight is 260 g/mol. The van der Waals surface area contributed by atoms with E-state index in [1.54, 1.807) is 6.20 Å². The molecule has 2 aromatic rings. The molecule has 100 valence electrons. The van der Waals surface area contributed by atoms with E-state index in [2.05, 4.69) is 10.3 Å². The molecule has 0 aliphatic carbocycles. The maximum atomic E-state index is 11.9. The number of carbonyl (C=O) groups excluding carboxylic acids is 2. The molecule has 5 nitrogen and oxygen atoms in total. The second kappa shape index (κ2) is 5.56. The van der Waals surface area contributed by atoms with Crippen molar-refractivity contribution < 1.29 is 14.3 Å². The summed E-state index contributed by atoms with van der Waals surface area (Å²) in [5.74, 6) is -0.806. The van der Waals surface area contributed by atoms with Crippen LogP contribution < -0.4 is 5.32 Å². The first-order chi connectivity index (χ1) is 9.08. The van der Waals surface area contributed by atoms with Gasteiger partial charge in [-0.1, -0.05) is 18.2 Å². The van der Waals surface area contributed by atoms with Crippen molar-refractivity contribution in [3.63, 3.8) is 0 Å². The Morgan fingerprint density at radius 1 is 1.32 bits per heavy atom. The average Bonchev–Trinajstić information content (AvgIpc) is 2.79. The first-order valence-corrected chi connectivity index (χ1v) is 6.10. The minimum absolute atomic E-state index is 0.0271. The molecule has 1 heterocycles. The zero-order valence-electron chi connectivity index (χ0n) is 10.9. The second-order valence-corrected chi connectivity index (χ2v) is 4.55. The third kappa shape index (κ3) is 3.13. The van der Waals surface area contributed by atoms with E-state index in [0.29, 0.717) is 5.56 Å². The summed E-state index contributed by atoms with van der Waals surface area (Å²) in [5, 5.41) is 3.45. The number of aromatic amines is 1. The van der Waals surface area contributed by atoms with Gasteiger partial charge in [-0.3, -0.25) is 4.79 Å². The molecule has 0 atom stereocenters. The number of benzene rings is 1. The largest absolute Gasteiger partial charge is 0.452 e. The molecule has 0 fully saturated rings. The molecule has 1 aromatic carbocycles. The van der Waals surface area contributed by atoms with E-state index in [-0.39, 0.29) is 18.6 Å². The topological polar surface area (TPSA) is 71.2 Å². The number of carbonyl (C=O) groups is 2. The van der Waals surface area contributed by atoms with Gasteiger partial charge in [0.15, 0.2) is 6.61 Å². The van der Waals surface area contributed by atoms with Crippen molar-refractivity contribution in [2.45, 2.75) is 19.9 Å². The maximum Gasteiger partial charge on any atom is 0.340 e. The van der Waals surface area contributed by atoms with Gasteiger partial charge in [-0.2, -0.15) is 0 Å². The fraction of sp³-hybridized carbons (Fsp3) is 0.286. The Labute approximate surface area is 110 Å². The summed E-state index contributed by atoms with van der Waals surface area (Å²) in [6, 6.07) is 7.45. The van der Waals surface area contributed by atoms with E-state index in [1.165, 1.54) is 0 Å². The summed E-state index contributed by atoms with van der Waals surface area (Å²) < 4.78 is 4.99. The molecule has 2 rings (SSSR count). The van der Waals surface area contributed by atoms with Crippen molar-refractivity contribution in [1.29, 1.82) is 0 Å². The Morgan fingerprint density at radius 2 is 2.05 bits per heavy atom. The predicted molar refractivity (Wildman–Crippen MR) is 71.9 cm³/mol. The molecule has 1 amide bonds. The Hall–Kier alpha value is -2.30. The van der Waals surface area contributed by atoms with Crippen molar-refractivity contribution in [3.05, 3.63) is 36.0 Å². The fourth-order valence-corrected chi connectivity index (χ4v) is 1.81. The summed E-state index contributed by atoms with van der Waals surface area (Å²) in [5.41, 5.74) is 1.30.